The topological polar surface area (TPSA) is 46.0 Å². The highest BCUT2D eigenvalue weighted by Crippen LogP contribution is 2.18. The van der Waals surface area contributed by atoms with E-state index in [1.54, 1.807) is 24.5 Å². The molecule has 0 amide bonds. The maximum atomic E-state index is 8.84. The summed E-state index contributed by atoms with van der Waals surface area (Å²) in [7, 11) is 0. The molecule has 0 unspecified atom stereocenters. The van der Waals surface area contributed by atoms with Crippen LogP contribution in [0.2, 0.25) is 5.02 Å². The highest BCUT2D eigenvalue weighted by Gasteiger charge is 2.01. The number of hydrogen-bond donors (Lipinski definition) is 1. The minimum atomic E-state index is -0.0458. The van der Waals surface area contributed by atoms with E-state index in [0.29, 0.717) is 16.4 Å². The van der Waals surface area contributed by atoms with E-state index in [1.165, 1.54) is 0 Å². The predicted molar refractivity (Wildman–Crippen MR) is 58.4 cm³/mol. The highest BCUT2D eigenvalue weighted by atomic mass is 35.5. The standard InChI is InChI=1S/C11H9ClN2O/c12-10-3-1-2-9(4-10)11-13-5-8(7-15)6-14-11/h1-6,15H,7H2. The van der Waals surface area contributed by atoms with E-state index < -0.39 is 0 Å². The number of benzene rings is 1. The molecule has 4 heteroatoms. The molecule has 1 aromatic carbocycles. The Morgan fingerprint density at radius 3 is 2.53 bits per heavy atom. The zero-order valence-corrected chi connectivity index (χ0v) is 8.65. The van der Waals surface area contributed by atoms with Gasteiger partial charge in [0.25, 0.3) is 0 Å². The molecule has 1 aromatic heterocycles. The maximum absolute atomic E-state index is 8.84. The molecule has 0 aliphatic heterocycles. The van der Waals surface area contributed by atoms with Crippen molar-refractivity contribution in [3.8, 4) is 11.4 Å². The predicted octanol–water partition coefficient (Wildman–Crippen LogP) is 2.29. The quantitative estimate of drug-likeness (QED) is 0.845. The van der Waals surface area contributed by atoms with Crippen molar-refractivity contribution >= 4 is 11.6 Å². The monoisotopic (exact) mass is 220 g/mol. The SMILES string of the molecule is OCc1cnc(-c2cccc(Cl)c2)nc1. The van der Waals surface area contributed by atoms with Crippen molar-refractivity contribution < 1.29 is 5.11 Å². The van der Waals surface area contributed by atoms with E-state index in [0.717, 1.165) is 5.56 Å². The van der Waals surface area contributed by atoms with E-state index in [4.69, 9.17) is 16.7 Å². The molecule has 2 aromatic rings. The van der Waals surface area contributed by atoms with E-state index in [2.05, 4.69) is 9.97 Å². The zero-order valence-electron chi connectivity index (χ0n) is 7.89. The summed E-state index contributed by atoms with van der Waals surface area (Å²) in [4.78, 5) is 8.26. The molecule has 0 aliphatic carbocycles. The number of hydrogen-bond acceptors (Lipinski definition) is 3. The lowest BCUT2D eigenvalue weighted by molar-refractivity contribution is 0.281. The third-order valence-electron chi connectivity index (χ3n) is 1.97. The lowest BCUT2D eigenvalue weighted by atomic mass is 10.2. The Bertz CT molecular complexity index is 456. The summed E-state index contributed by atoms with van der Waals surface area (Å²) in [5.41, 5.74) is 1.56. The van der Waals surface area contributed by atoms with Gasteiger partial charge in [-0.2, -0.15) is 0 Å². The lowest BCUT2D eigenvalue weighted by Gasteiger charge is -2.01. The second-order valence-electron chi connectivity index (χ2n) is 3.08. The summed E-state index contributed by atoms with van der Waals surface area (Å²) < 4.78 is 0. The molecule has 1 N–H and O–H groups in total. The number of aliphatic hydroxyl groups is 1. The van der Waals surface area contributed by atoms with Gasteiger partial charge in [0.05, 0.1) is 6.61 Å². The van der Waals surface area contributed by atoms with Crippen LogP contribution in [0, 0.1) is 0 Å². The van der Waals surface area contributed by atoms with Crippen LogP contribution < -0.4 is 0 Å². The Morgan fingerprint density at radius 1 is 1.20 bits per heavy atom. The van der Waals surface area contributed by atoms with Crippen molar-refractivity contribution in [2.24, 2.45) is 0 Å². The van der Waals surface area contributed by atoms with Crippen LogP contribution >= 0.6 is 11.6 Å². The van der Waals surface area contributed by atoms with E-state index in [9.17, 15) is 0 Å². The van der Waals surface area contributed by atoms with E-state index in [1.807, 2.05) is 12.1 Å². The fraction of sp³-hybridized carbons (Fsp3) is 0.0909. The molecular formula is C11H9ClN2O. The molecule has 0 bridgehead atoms. The fourth-order valence-electron chi connectivity index (χ4n) is 1.21. The van der Waals surface area contributed by atoms with Gasteiger partial charge in [-0.25, -0.2) is 9.97 Å². The van der Waals surface area contributed by atoms with Crippen molar-refractivity contribution in [2.75, 3.05) is 0 Å². The third-order valence-corrected chi connectivity index (χ3v) is 2.21. The molecule has 1 heterocycles. The second-order valence-corrected chi connectivity index (χ2v) is 3.52. The van der Waals surface area contributed by atoms with Crippen LogP contribution in [0.5, 0.6) is 0 Å². The van der Waals surface area contributed by atoms with Gasteiger partial charge in [0.15, 0.2) is 5.82 Å². The van der Waals surface area contributed by atoms with Gasteiger partial charge in [-0.3, -0.25) is 0 Å². The molecule has 0 saturated heterocycles. The molecule has 3 nitrogen and oxygen atoms in total. The summed E-state index contributed by atoms with van der Waals surface area (Å²) in [6.07, 6.45) is 3.20. The Labute approximate surface area is 92.4 Å². The van der Waals surface area contributed by atoms with Crippen LogP contribution in [-0.2, 0) is 6.61 Å². The minimum absolute atomic E-state index is 0.0458. The molecule has 0 fully saturated rings. The largest absolute Gasteiger partial charge is 0.392 e. The van der Waals surface area contributed by atoms with Gasteiger partial charge in [0.1, 0.15) is 0 Å². The number of rotatable bonds is 2. The number of aliphatic hydroxyl groups excluding tert-OH is 1. The average Bonchev–Trinajstić information content (AvgIpc) is 2.29. The van der Waals surface area contributed by atoms with Gasteiger partial charge in [-0.1, -0.05) is 23.7 Å². The molecular weight excluding hydrogens is 212 g/mol. The summed E-state index contributed by atoms with van der Waals surface area (Å²) >= 11 is 5.86. The third kappa shape index (κ3) is 2.32. The molecule has 0 aliphatic rings. The van der Waals surface area contributed by atoms with Crippen LogP contribution in [-0.4, -0.2) is 15.1 Å². The number of nitrogens with zero attached hydrogens (tertiary/aromatic N) is 2. The number of aromatic nitrogens is 2. The van der Waals surface area contributed by atoms with Crippen molar-refractivity contribution in [1.29, 1.82) is 0 Å². The Morgan fingerprint density at radius 2 is 1.93 bits per heavy atom. The van der Waals surface area contributed by atoms with Gasteiger partial charge in [-0.15, -0.1) is 0 Å². The van der Waals surface area contributed by atoms with Gasteiger partial charge in [0, 0.05) is 28.5 Å². The average molecular weight is 221 g/mol. The first kappa shape index (κ1) is 10.1. The molecule has 76 valence electrons. The highest BCUT2D eigenvalue weighted by molar-refractivity contribution is 6.30. The van der Waals surface area contributed by atoms with Crippen molar-refractivity contribution in [2.45, 2.75) is 6.61 Å². The van der Waals surface area contributed by atoms with Crippen LogP contribution in [0.1, 0.15) is 5.56 Å². The van der Waals surface area contributed by atoms with Crippen molar-refractivity contribution in [3.63, 3.8) is 0 Å². The molecule has 0 saturated carbocycles. The van der Waals surface area contributed by atoms with Crippen LogP contribution in [0.4, 0.5) is 0 Å². The van der Waals surface area contributed by atoms with Gasteiger partial charge >= 0.3 is 0 Å². The van der Waals surface area contributed by atoms with E-state index >= 15 is 0 Å². The Kier molecular flexibility index (Phi) is 2.94. The van der Waals surface area contributed by atoms with Crippen molar-refractivity contribution in [1.82, 2.24) is 9.97 Å². The minimum Gasteiger partial charge on any atom is -0.392 e. The van der Waals surface area contributed by atoms with Gasteiger partial charge in [0.2, 0.25) is 0 Å². The first-order valence-electron chi connectivity index (χ1n) is 4.47. The second kappa shape index (κ2) is 4.38. The smallest absolute Gasteiger partial charge is 0.159 e. The van der Waals surface area contributed by atoms with Crippen LogP contribution in [0.25, 0.3) is 11.4 Å². The van der Waals surface area contributed by atoms with Crippen molar-refractivity contribution in [3.05, 3.63) is 47.2 Å². The Balaban J connectivity index is 2.37. The summed E-state index contributed by atoms with van der Waals surface area (Å²) in [6, 6.07) is 7.34. The fourth-order valence-corrected chi connectivity index (χ4v) is 1.40. The van der Waals surface area contributed by atoms with Crippen LogP contribution in [0.3, 0.4) is 0 Å². The molecule has 15 heavy (non-hydrogen) atoms. The van der Waals surface area contributed by atoms with E-state index in [-0.39, 0.29) is 6.61 Å². The molecule has 0 atom stereocenters. The van der Waals surface area contributed by atoms with Crippen LogP contribution in [0.15, 0.2) is 36.7 Å². The Hall–Kier alpha value is -1.45. The number of halogens is 1. The normalized spacial score (nSPS) is 10.3. The summed E-state index contributed by atoms with van der Waals surface area (Å²) in [5.74, 6) is 0.606. The first-order chi connectivity index (χ1) is 7.29. The first-order valence-corrected chi connectivity index (χ1v) is 4.85. The molecule has 0 radical (unpaired) electrons. The lowest BCUT2D eigenvalue weighted by Crippen LogP contribution is -1.91. The molecule has 2 rings (SSSR count). The van der Waals surface area contributed by atoms with Gasteiger partial charge < -0.3 is 5.11 Å². The maximum Gasteiger partial charge on any atom is 0.159 e. The molecule has 0 spiro atoms. The summed E-state index contributed by atoms with van der Waals surface area (Å²) in [5, 5.41) is 9.50. The van der Waals surface area contributed by atoms with Gasteiger partial charge in [-0.05, 0) is 12.1 Å². The zero-order chi connectivity index (χ0) is 10.7. The summed E-state index contributed by atoms with van der Waals surface area (Å²) in [6.45, 7) is -0.0458.